The molecule has 122 valence electrons. The molecule has 0 atom stereocenters. The number of carbonyl (C=O) groups excluding carboxylic acids is 2. The maximum Gasteiger partial charge on any atom is 0.407 e. The van der Waals surface area contributed by atoms with E-state index in [1.165, 1.54) is 0 Å². The standard InChI is InChI=1S/C14H28N4O3/c1-14(2,3)21-13(20)16-11-5-8-18(9-6-11)10-7-12(19)17-15-4/h11,15H,5-10H2,1-4H3,(H,16,20)(H,17,19). The van der Waals surface area contributed by atoms with E-state index in [0.29, 0.717) is 6.42 Å². The van der Waals surface area contributed by atoms with Crippen molar-refractivity contribution in [2.75, 3.05) is 26.7 Å². The second-order valence-corrected chi connectivity index (χ2v) is 6.31. The first-order valence-electron chi connectivity index (χ1n) is 7.47. The highest BCUT2D eigenvalue weighted by Crippen LogP contribution is 2.12. The molecule has 0 aromatic heterocycles. The zero-order valence-electron chi connectivity index (χ0n) is 13.5. The highest BCUT2D eigenvalue weighted by atomic mass is 16.6. The molecule has 0 radical (unpaired) electrons. The molecule has 7 heteroatoms. The predicted molar refractivity (Wildman–Crippen MR) is 80.7 cm³/mol. The van der Waals surface area contributed by atoms with Crippen molar-refractivity contribution in [3.8, 4) is 0 Å². The maximum absolute atomic E-state index is 11.7. The molecular formula is C14H28N4O3. The molecule has 1 saturated heterocycles. The fourth-order valence-corrected chi connectivity index (χ4v) is 2.24. The van der Waals surface area contributed by atoms with Gasteiger partial charge in [0.2, 0.25) is 5.91 Å². The topological polar surface area (TPSA) is 82.7 Å². The summed E-state index contributed by atoms with van der Waals surface area (Å²) in [4.78, 5) is 25.3. The minimum absolute atomic E-state index is 0.00787. The number of rotatable bonds is 5. The van der Waals surface area contributed by atoms with Crippen molar-refractivity contribution in [1.29, 1.82) is 0 Å². The number of amides is 2. The molecule has 0 aromatic rings. The van der Waals surface area contributed by atoms with Crippen LogP contribution in [0.15, 0.2) is 0 Å². The number of piperidine rings is 1. The normalized spacial score (nSPS) is 17.3. The van der Waals surface area contributed by atoms with Gasteiger partial charge in [-0.3, -0.25) is 10.2 Å². The summed E-state index contributed by atoms with van der Waals surface area (Å²) < 4.78 is 5.25. The van der Waals surface area contributed by atoms with Gasteiger partial charge < -0.3 is 15.0 Å². The van der Waals surface area contributed by atoms with Gasteiger partial charge in [0.25, 0.3) is 0 Å². The number of alkyl carbamates (subject to hydrolysis) is 1. The molecule has 1 aliphatic rings. The Morgan fingerprint density at radius 3 is 2.38 bits per heavy atom. The van der Waals surface area contributed by atoms with Crippen LogP contribution in [0.25, 0.3) is 0 Å². The Labute approximate surface area is 126 Å². The highest BCUT2D eigenvalue weighted by molar-refractivity contribution is 5.75. The Morgan fingerprint density at radius 1 is 1.24 bits per heavy atom. The van der Waals surface area contributed by atoms with E-state index in [1.54, 1.807) is 7.05 Å². The van der Waals surface area contributed by atoms with Gasteiger partial charge in [0.15, 0.2) is 0 Å². The summed E-state index contributed by atoms with van der Waals surface area (Å²) in [6.45, 7) is 8.06. The number of ether oxygens (including phenoxy) is 1. The smallest absolute Gasteiger partial charge is 0.407 e. The van der Waals surface area contributed by atoms with Crippen molar-refractivity contribution in [1.82, 2.24) is 21.1 Å². The van der Waals surface area contributed by atoms with E-state index >= 15 is 0 Å². The summed E-state index contributed by atoms with van der Waals surface area (Å²) in [5.74, 6) is -0.00787. The second kappa shape index (κ2) is 8.19. The van der Waals surface area contributed by atoms with Crippen LogP contribution in [0.5, 0.6) is 0 Å². The van der Waals surface area contributed by atoms with Gasteiger partial charge in [-0.05, 0) is 33.6 Å². The van der Waals surface area contributed by atoms with Crippen molar-refractivity contribution >= 4 is 12.0 Å². The van der Waals surface area contributed by atoms with Gasteiger partial charge in [-0.2, -0.15) is 0 Å². The lowest BCUT2D eigenvalue weighted by molar-refractivity contribution is -0.122. The molecule has 0 saturated carbocycles. The van der Waals surface area contributed by atoms with Crippen LogP contribution in [0.4, 0.5) is 4.79 Å². The van der Waals surface area contributed by atoms with E-state index < -0.39 is 5.60 Å². The lowest BCUT2D eigenvalue weighted by Gasteiger charge is -2.32. The summed E-state index contributed by atoms with van der Waals surface area (Å²) in [7, 11) is 1.67. The zero-order valence-corrected chi connectivity index (χ0v) is 13.5. The van der Waals surface area contributed by atoms with E-state index in [2.05, 4.69) is 21.1 Å². The van der Waals surface area contributed by atoms with Crippen LogP contribution in [0, 0.1) is 0 Å². The highest BCUT2D eigenvalue weighted by Gasteiger charge is 2.23. The molecule has 3 N–H and O–H groups in total. The fourth-order valence-electron chi connectivity index (χ4n) is 2.24. The van der Waals surface area contributed by atoms with Gasteiger partial charge >= 0.3 is 6.09 Å². The van der Waals surface area contributed by atoms with Crippen LogP contribution in [0.3, 0.4) is 0 Å². The molecule has 0 unspecified atom stereocenters. The number of nitrogens with zero attached hydrogens (tertiary/aromatic N) is 1. The molecule has 0 bridgehead atoms. The van der Waals surface area contributed by atoms with Crippen molar-refractivity contribution in [3.05, 3.63) is 0 Å². The first-order chi connectivity index (χ1) is 9.80. The summed E-state index contributed by atoms with van der Waals surface area (Å²) >= 11 is 0. The Bertz CT molecular complexity index is 347. The lowest BCUT2D eigenvalue weighted by Crippen LogP contribution is -2.46. The van der Waals surface area contributed by atoms with Gasteiger partial charge in [-0.15, -0.1) is 0 Å². The summed E-state index contributed by atoms with van der Waals surface area (Å²) in [6, 6.07) is 0.155. The van der Waals surface area contributed by atoms with Crippen molar-refractivity contribution in [3.63, 3.8) is 0 Å². The molecule has 0 aromatic carbocycles. The Balaban J connectivity index is 2.20. The molecule has 2 amide bonds. The van der Waals surface area contributed by atoms with E-state index in [0.717, 1.165) is 32.5 Å². The van der Waals surface area contributed by atoms with Gasteiger partial charge in [0.1, 0.15) is 5.60 Å². The van der Waals surface area contributed by atoms with Crippen LogP contribution in [-0.2, 0) is 9.53 Å². The number of likely N-dealkylation sites (tertiary alicyclic amines) is 1. The molecule has 1 fully saturated rings. The van der Waals surface area contributed by atoms with E-state index in [9.17, 15) is 9.59 Å². The van der Waals surface area contributed by atoms with Crippen LogP contribution in [0.2, 0.25) is 0 Å². The van der Waals surface area contributed by atoms with Gasteiger partial charge in [-0.25, -0.2) is 10.2 Å². The van der Waals surface area contributed by atoms with Crippen LogP contribution >= 0.6 is 0 Å². The lowest BCUT2D eigenvalue weighted by atomic mass is 10.1. The molecule has 1 aliphatic heterocycles. The first kappa shape index (κ1) is 17.7. The third-order valence-corrected chi connectivity index (χ3v) is 3.23. The average Bonchev–Trinajstić information content (AvgIpc) is 2.36. The Hall–Kier alpha value is -1.34. The number of hydrogen-bond donors (Lipinski definition) is 3. The third kappa shape index (κ3) is 7.87. The zero-order chi connectivity index (χ0) is 15.9. The molecular weight excluding hydrogens is 272 g/mol. The number of nitrogens with one attached hydrogen (secondary N) is 3. The minimum atomic E-state index is -0.467. The van der Waals surface area contributed by atoms with Crippen LogP contribution in [0.1, 0.15) is 40.0 Å². The van der Waals surface area contributed by atoms with E-state index in [1.807, 2.05) is 20.8 Å². The monoisotopic (exact) mass is 300 g/mol. The molecule has 21 heavy (non-hydrogen) atoms. The van der Waals surface area contributed by atoms with Crippen LogP contribution in [-0.4, -0.2) is 55.2 Å². The van der Waals surface area contributed by atoms with Crippen molar-refractivity contribution in [2.24, 2.45) is 0 Å². The fraction of sp³-hybridized carbons (Fsp3) is 0.857. The minimum Gasteiger partial charge on any atom is -0.444 e. The summed E-state index contributed by atoms with van der Waals surface area (Å²) in [5.41, 5.74) is 4.71. The van der Waals surface area contributed by atoms with Gasteiger partial charge in [-0.1, -0.05) is 0 Å². The average molecular weight is 300 g/mol. The number of hydrazine groups is 1. The summed E-state index contributed by atoms with van der Waals surface area (Å²) in [5, 5.41) is 2.90. The molecule has 1 heterocycles. The van der Waals surface area contributed by atoms with Crippen molar-refractivity contribution < 1.29 is 14.3 Å². The molecule has 7 nitrogen and oxygen atoms in total. The largest absolute Gasteiger partial charge is 0.444 e. The number of carbonyl (C=O) groups is 2. The predicted octanol–water partition coefficient (Wildman–Crippen LogP) is 0.616. The van der Waals surface area contributed by atoms with Crippen LogP contribution < -0.4 is 16.2 Å². The molecule has 0 aliphatic carbocycles. The van der Waals surface area contributed by atoms with E-state index in [-0.39, 0.29) is 18.0 Å². The second-order valence-electron chi connectivity index (χ2n) is 6.31. The van der Waals surface area contributed by atoms with E-state index in [4.69, 9.17) is 4.74 Å². The Morgan fingerprint density at radius 2 is 1.86 bits per heavy atom. The summed E-state index contributed by atoms with van der Waals surface area (Å²) in [6.07, 6.45) is 1.89. The Kier molecular flexibility index (Phi) is 6.91. The third-order valence-electron chi connectivity index (χ3n) is 3.23. The van der Waals surface area contributed by atoms with Gasteiger partial charge in [0.05, 0.1) is 0 Å². The molecule has 1 rings (SSSR count). The number of hydrogen-bond acceptors (Lipinski definition) is 5. The first-order valence-corrected chi connectivity index (χ1v) is 7.47. The van der Waals surface area contributed by atoms with Gasteiger partial charge in [0, 0.05) is 39.1 Å². The maximum atomic E-state index is 11.7. The quantitative estimate of drug-likeness (QED) is 0.648. The SMILES string of the molecule is CNNC(=O)CCN1CCC(NC(=O)OC(C)(C)C)CC1. The molecule has 0 spiro atoms. The van der Waals surface area contributed by atoms with Crippen molar-refractivity contribution in [2.45, 2.75) is 51.7 Å².